The highest BCUT2D eigenvalue weighted by molar-refractivity contribution is 7.09. The highest BCUT2D eigenvalue weighted by atomic mass is 32.1. The third-order valence-electron chi connectivity index (χ3n) is 3.70. The Morgan fingerprint density at radius 1 is 1.38 bits per heavy atom. The number of nitrogens with zero attached hydrogens (tertiary/aromatic N) is 3. The van der Waals surface area contributed by atoms with E-state index in [1.807, 2.05) is 42.8 Å². The standard InChI is InChI=1S/C18H21N5O2S/c1-13-21-17(12-26-13)15-4-3-5-16(8-15)22-18(24)19-9-14-10-20-23(11-14)6-7-25-2/h3-5,8,10-12H,6-7,9H2,1-2H3,(H2,19,22,24). The lowest BCUT2D eigenvalue weighted by molar-refractivity contribution is 0.183. The van der Waals surface area contributed by atoms with Crippen molar-refractivity contribution in [3.63, 3.8) is 0 Å². The molecule has 3 aromatic rings. The largest absolute Gasteiger partial charge is 0.383 e. The average molecular weight is 371 g/mol. The summed E-state index contributed by atoms with van der Waals surface area (Å²) in [5.41, 5.74) is 3.55. The van der Waals surface area contributed by atoms with Gasteiger partial charge in [-0.25, -0.2) is 9.78 Å². The molecular formula is C18H21N5O2S. The molecule has 2 heterocycles. The average Bonchev–Trinajstić information content (AvgIpc) is 3.27. The molecule has 2 N–H and O–H groups in total. The van der Waals surface area contributed by atoms with Crippen molar-refractivity contribution in [3.05, 3.63) is 52.6 Å². The summed E-state index contributed by atoms with van der Waals surface area (Å²) in [6.45, 7) is 3.67. The molecule has 7 nitrogen and oxygen atoms in total. The molecule has 0 saturated carbocycles. The topological polar surface area (TPSA) is 81.1 Å². The maximum absolute atomic E-state index is 12.1. The number of methoxy groups -OCH3 is 1. The van der Waals surface area contributed by atoms with E-state index in [9.17, 15) is 4.79 Å². The normalized spacial score (nSPS) is 10.7. The summed E-state index contributed by atoms with van der Waals surface area (Å²) in [7, 11) is 1.65. The minimum atomic E-state index is -0.263. The maximum Gasteiger partial charge on any atom is 0.319 e. The second kappa shape index (κ2) is 8.59. The third kappa shape index (κ3) is 4.90. The maximum atomic E-state index is 12.1. The van der Waals surface area contributed by atoms with Gasteiger partial charge in [0.2, 0.25) is 0 Å². The Kier molecular flexibility index (Phi) is 5.98. The molecule has 0 aliphatic rings. The van der Waals surface area contributed by atoms with Crippen LogP contribution in [0.3, 0.4) is 0 Å². The monoisotopic (exact) mass is 371 g/mol. The predicted molar refractivity (Wildman–Crippen MR) is 102 cm³/mol. The number of carbonyl (C=O) groups excluding carboxylic acids is 1. The summed E-state index contributed by atoms with van der Waals surface area (Å²) in [5.74, 6) is 0. The van der Waals surface area contributed by atoms with Gasteiger partial charge in [-0.05, 0) is 19.1 Å². The van der Waals surface area contributed by atoms with Crippen LogP contribution in [0.25, 0.3) is 11.3 Å². The lowest BCUT2D eigenvalue weighted by Gasteiger charge is -2.08. The SMILES string of the molecule is COCCn1cc(CNC(=O)Nc2cccc(-c3csc(C)n3)c2)cn1. The number of benzene rings is 1. The van der Waals surface area contributed by atoms with Gasteiger partial charge >= 0.3 is 6.03 Å². The molecule has 2 aromatic heterocycles. The van der Waals surface area contributed by atoms with Gasteiger partial charge in [-0.15, -0.1) is 11.3 Å². The van der Waals surface area contributed by atoms with Gasteiger partial charge in [0.25, 0.3) is 0 Å². The van der Waals surface area contributed by atoms with Crippen LogP contribution in [0.2, 0.25) is 0 Å². The van der Waals surface area contributed by atoms with Gasteiger partial charge in [-0.2, -0.15) is 5.10 Å². The van der Waals surface area contributed by atoms with Crippen molar-refractivity contribution in [3.8, 4) is 11.3 Å². The number of hydrogen-bond donors (Lipinski definition) is 2. The zero-order chi connectivity index (χ0) is 18.4. The van der Waals surface area contributed by atoms with Gasteiger partial charge in [0.15, 0.2) is 0 Å². The third-order valence-corrected chi connectivity index (χ3v) is 4.47. The molecule has 0 aliphatic heterocycles. The Morgan fingerprint density at radius 2 is 2.27 bits per heavy atom. The first-order valence-corrected chi connectivity index (χ1v) is 9.09. The number of carbonyl (C=O) groups is 1. The number of anilines is 1. The van der Waals surface area contributed by atoms with Crippen molar-refractivity contribution in [2.75, 3.05) is 19.0 Å². The molecule has 0 aliphatic carbocycles. The van der Waals surface area contributed by atoms with Crippen molar-refractivity contribution < 1.29 is 9.53 Å². The van der Waals surface area contributed by atoms with E-state index < -0.39 is 0 Å². The molecule has 0 atom stereocenters. The number of hydrogen-bond acceptors (Lipinski definition) is 5. The van der Waals surface area contributed by atoms with Crippen molar-refractivity contribution >= 4 is 23.1 Å². The van der Waals surface area contributed by atoms with Crippen molar-refractivity contribution in [2.24, 2.45) is 0 Å². The molecule has 0 saturated heterocycles. The molecule has 26 heavy (non-hydrogen) atoms. The van der Waals surface area contributed by atoms with Crippen LogP contribution < -0.4 is 10.6 Å². The van der Waals surface area contributed by atoms with Crippen LogP contribution in [0.5, 0.6) is 0 Å². The van der Waals surface area contributed by atoms with E-state index in [1.54, 1.807) is 29.3 Å². The Hall–Kier alpha value is -2.71. The molecule has 2 amide bonds. The fourth-order valence-electron chi connectivity index (χ4n) is 2.41. The zero-order valence-electron chi connectivity index (χ0n) is 14.7. The molecule has 0 bridgehead atoms. The van der Waals surface area contributed by atoms with Crippen LogP contribution in [0.15, 0.2) is 42.0 Å². The lowest BCUT2D eigenvalue weighted by Crippen LogP contribution is -2.28. The van der Waals surface area contributed by atoms with Crippen LogP contribution >= 0.6 is 11.3 Å². The number of rotatable bonds is 7. The lowest BCUT2D eigenvalue weighted by atomic mass is 10.1. The number of aromatic nitrogens is 3. The molecule has 0 radical (unpaired) electrons. The molecular weight excluding hydrogens is 350 g/mol. The van der Waals surface area contributed by atoms with E-state index in [1.165, 1.54) is 0 Å². The van der Waals surface area contributed by atoms with Gasteiger partial charge in [-0.1, -0.05) is 12.1 Å². The second-order valence-corrected chi connectivity index (χ2v) is 6.81. The number of nitrogens with one attached hydrogen (secondary N) is 2. The highest BCUT2D eigenvalue weighted by Crippen LogP contribution is 2.24. The van der Waals surface area contributed by atoms with E-state index in [4.69, 9.17) is 4.74 Å². The van der Waals surface area contributed by atoms with Gasteiger partial charge in [0.1, 0.15) is 0 Å². The molecule has 0 unspecified atom stereocenters. The minimum absolute atomic E-state index is 0.263. The van der Waals surface area contributed by atoms with Gasteiger partial charge in [0.05, 0.1) is 30.1 Å². The number of ether oxygens (including phenoxy) is 1. The predicted octanol–water partition coefficient (Wildman–Crippen LogP) is 3.28. The smallest absolute Gasteiger partial charge is 0.319 e. The molecule has 136 valence electrons. The van der Waals surface area contributed by atoms with Gasteiger partial charge < -0.3 is 15.4 Å². The fraction of sp³-hybridized carbons (Fsp3) is 0.278. The van der Waals surface area contributed by atoms with E-state index in [0.717, 1.165) is 27.5 Å². The zero-order valence-corrected chi connectivity index (χ0v) is 15.5. The summed E-state index contributed by atoms with van der Waals surface area (Å²) < 4.78 is 6.81. The van der Waals surface area contributed by atoms with Crippen molar-refractivity contribution in [1.82, 2.24) is 20.1 Å². The molecule has 1 aromatic carbocycles. The van der Waals surface area contributed by atoms with E-state index in [2.05, 4.69) is 20.7 Å². The summed E-state index contributed by atoms with van der Waals surface area (Å²) in [6, 6.07) is 7.38. The van der Waals surface area contributed by atoms with E-state index in [0.29, 0.717) is 19.7 Å². The number of aryl methyl sites for hydroxylation is 1. The van der Waals surface area contributed by atoms with Gasteiger partial charge in [0, 0.05) is 42.0 Å². The Bertz CT molecular complexity index is 874. The minimum Gasteiger partial charge on any atom is -0.383 e. The second-order valence-electron chi connectivity index (χ2n) is 5.74. The highest BCUT2D eigenvalue weighted by Gasteiger charge is 2.06. The summed E-state index contributed by atoms with van der Waals surface area (Å²) in [5, 5.41) is 12.9. The molecule has 0 fully saturated rings. The Morgan fingerprint density at radius 3 is 3.04 bits per heavy atom. The van der Waals surface area contributed by atoms with Crippen LogP contribution in [-0.2, 0) is 17.8 Å². The summed E-state index contributed by atoms with van der Waals surface area (Å²) >= 11 is 1.60. The fourth-order valence-corrected chi connectivity index (χ4v) is 3.04. The van der Waals surface area contributed by atoms with Gasteiger partial charge in [-0.3, -0.25) is 4.68 Å². The van der Waals surface area contributed by atoms with Crippen molar-refractivity contribution in [2.45, 2.75) is 20.0 Å². The first-order valence-electron chi connectivity index (χ1n) is 8.22. The van der Waals surface area contributed by atoms with Crippen LogP contribution in [0.1, 0.15) is 10.6 Å². The van der Waals surface area contributed by atoms with E-state index >= 15 is 0 Å². The van der Waals surface area contributed by atoms with Crippen LogP contribution in [0.4, 0.5) is 10.5 Å². The van der Waals surface area contributed by atoms with Crippen LogP contribution in [0, 0.1) is 6.92 Å². The summed E-state index contributed by atoms with van der Waals surface area (Å²) in [6.07, 6.45) is 3.63. The first-order chi connectivity index (χ1) is 12.6. The molecule has 3 rings (SSSR count). The van der Waals surface area contributed by atoms with E-state index in [-0.39, 0.29) is 6.03 Å². The Labute approximate surface area is 156 Å². The number of amides is 2. The quantitative estimate of drug-likeness (QED) is 0.668. The summed E-state index contributed by atoms with van der Waals surface area (Å²) in [4.78, 5) is 16.6. The van der Waals surface area contributed by atoms with Crippen LogP contribution in [-0.4, -0.2) is 34.5 Å². The molecule has 8 heteroatoms. The molecule has 0 spiro atoms. The number of thiazole rings is 1. The Balaban J connectivity index is 1.54. The number of urea groups is 1. The first kappa shape index (κ1) is 18.1. The van der Waals surface area contributed by atoms with Crippen molar-refractivity contribution in [1.29, 1.82) is 0 Å².